The molecule has 1 saturated carbocycles. The third-order valence-corrected chi connectivity index (χ3v) is 6.59. The lowest BCUT2D eigenvalue weighted by Gasteiger charge is -2.27. The van der Waals surface area contributed by atoms with E-state index >= 15 is 0 Å². The van der Waals surface area contributed by atoms with Crippen LogP contribution in [-0.4, -0.2) is 18.2 Å². The average Bonchev–Trinajstić information content (AvgIpc) is 3.29. The van der Waals surface area contributed by atoms with Crippen molar-refractivity contribution in [2.75, 3.05) is 10.6 Å². The summed E-state index contributed by atoms with van der Waals surface area (Å²) in [6.45, 7) is 6.43. The van der Waals surface area contributed by atoms with Crippen molar-refractivity contribution in [3.05, 3.63) is 47.0 Å². The van der Waals surface area contributed by atoms with Gasteiger partial charge in [-0.25, -0.2) is 0 Å². The highest BCUT2D eigenvalue weighted by molar-refractivity contribution is 6.02. The van der Waals surface area contributed by atoms with Crippen molar-refractivity contribution in [2.45, 2.75) is 57.8 Å². The summed E-state index contributed by atoms with van der Waals surface area (Å²) >= 11 is 0. The number of fused-ring (bicyclic) bond motifs is 2. The number of carbonyl (C=O) groups excluding carboxylic acids is 1. The van der Waals surface area contributed by atoms with Gasteiger partial charge in [-0.05, 0) is 60.1 Å². The molecule has 0 radical (unpaired) electrons. The fourth-order valence-corrected chi connectivity index (χ4v) is 4.45. The van der Waals surface area contributed by atoms with E-state index in [4.69, 9.17) is 0 Å². The summed E-state index contributed by atoms with van der Waals surface area (Å²) in [6.07, 6.45) is -1.84. The maximum Gasteiger partial charge on any atom is 0.586 e. The molecule has 2 aromatic rings. The summed E-state index contributed by atoms with van der Waals surface area (Å²) < 4.78 is 35.7. The van der Waals surface area contributed by atoms with Crippen molar-refractivity contribution in [1.29, 1.82) is 5.26 Å². The number of hydrogen-bond acceptors (Lipinski definition) is 5. The first kappa shape index (κ1) is 20.6. The van der Waals surface area contributed by atoms with Gasteiger partial charge in [0.15, 0.2) is 11.5 Å². The number of hydrogen-bond donors (Lipinski definition) is 2. The largest absolute Gasteiger partial charge is 0.586 e. The number of anilines is 2. The van der Waals surface area contributed by atoms with Crippen LogP contribution < -0.4 is 20.1 Å². The van der Waals surface area contributed by atoms with Crippen LogP contribution in [0.25, 0.3) is 0 Å². The molecule has 2 N–H and O–H groups in total. The molecule has 1 amide bonds. The highest BCUT2D eigenvalue weighted by atomic mass is 19.3. The normalized spacial score (nSPS) is 21.3. The Bertz CT molecular complexity index is 1180. The van der Waals surface area contributed by atoms with E-state index in [0.29, 0.717) is 36.1 Å². The van der Waals surface area contributed by atoms with E-state index in [9.17, 15) is 18.8 Å². The summed E-state index contributed by atoms with van der Waals surface area (Å²) in [5, 5.41) is 16.2. The number of nitrogens with one attached hydrogen (secondary N) is 2. The van der Waals surface area contributed by atoms with Gasteiger partial charge in [0.1, 0.15) is 6.07 Å². The number of halogens is 2. The Morgan fingerprint density at radius 2 is 1.91 bits per heavy atom. The summed E-state index contributed by atoms with van der Waals surface area (Å²) in [6, 6.07) is 10.5. The number of nitriles is 1. The molecule has 2 aliphatic heterocycles. The minimum absolute atomic E-state index is 0.0172. The Kier molecular flexibility index (Phi) is 4.23. The number of carbonyl (C=O) groups is 1. The van der Waals surface area contributed by atoms with Crippen LogP contribution in [0.2, 0.25) is 0 Å². The van der Waals surface area contributed by atoms with Gasteiger partial charge in [0, 0.05) is 11.7 Å². The second-order valence-corrected chi connectivity index (χ2v) is 9.76. The Morgan fingerprint density at radius 3 is 2.56 bits per heavy atom. The molecule has 166 valence electrons. The maximum absolute atomic E-state index is 13.4. The van der Waals surface area contributed by atoms with Crippen LogP contribution >= 0.6 is 0 Å². The number of nitrogens with zero attached hydrogens (tertiary/aromatic N) is 1. The minimum atomic E-state index is -3.70. The molecule has 1 atom stereocenters. The van der Waals surface area contributed by atoms with Crippen molar-refractivity contribution in [3.8, 4) is 17.6 Å². The van der Waals surface area contributed by atoms with E-state index in [-0.39, 0.29) is 28.9 Å². The van der Waals surface area contributed by atoms with Crippen LogP contribution in [0.3, 0.4) is 0 Å². The van der Waals surface area contributed by atoms with Crippen LogP contribution in [0.1, 0.15) is 50.3 Å². The Labute approximate surface area is 184 Å². The number of benzene rings is 2. The quantitative estimate of drug-likeness (QED) is 0.708. The molecule has 32 heavy (non-hydrogen) atoms. The van der Waals surface area contributed by atoms with Gasteiger partial charge in [0.2, 0.25) is 5.91 Å². The predicted molar refractivity (Wildman–Crippen MR) is 114 cm³/mol. The lowest BCUT2D eigenvalue weighted by Crippen LogP contribution is -2.31. The van der Waals surface area contributed by atoms with E-state index < -0.39 is 11.7 Å². The van der Waals surface area contributed by atoms with Crippen molar-refractivity contribution < 1.29 is 23.0 Å². The highest BCUT2D eigenvalue weighted by Crippen LogP contribution is 2.52. The second kappa shape index (κ2) is 6.58. The smallest absolute Gasteiger partial charge is 0.395 e. The number of rotatable bonds is 3. The van der Waals surface area contributed by atoms with Crippen molar-refractivity contribution >= 4 is 17.3 Å². The van der Waals surface area contributed by atoms with Gasteiger partial charge in [0.05, 0.1) is 16.7 Å². The molecule has 0 saturated heterocycles. The standard InChI is InChI=1S/C24H23F2N3O3/c1-22(2,3)20-11-14-15(12-27)17(6-5-16(14)28-20)29-21(30)23(8-9-23)13-4-7-18-19(10-13)32-24(25,26)31-18/h4-7,10,20,28H,8-9,11H2,1-3H3,(H,29,30). The Balaban J connectivity index is 1.41. The van der Waals surface area contributed by atoms with E-state index in [1.165, 1.54) is 12.1 Å². The van der Waals surface area contributed by atoms with Gasteiger partial charge in [-0.15, -0.1) is 8.78 Å². The molecule has 1 fully saturated rings. The molecule has 0 bridgehead atoms. The maximum atomic E-state index is 13.4. The lowest BCUT2D eigenvalue weighted by molar-refractivity contribution is -0.286. The fourth-order valence-electron chi connectivity index (χ4n) is 4.45. The summed E-state index contributed by atoms with van der Waals surface area (Å²) in [5.41, 5.74) is 2.50. The minimum Gasteiger partial charge on any atom is -0.395 e. The summed E-state index contributed by atoms with van der Waals surface area (Å²) in [5.74, 6) is -0.403. The highest BCUT2D eigenvalue weighted by Gasteiger charge is 2.53. The lowest BCUT2D eigenvalue weighted by atomic mass is 9.84. The first-order chi connectivity index (χ1) is 15.0. The van der Waals surface area contributed by atoms with Crippen LogP contribution in [0.5, 0.6) is 11.5 Å². The molecule has 1 unspecified atom stereocenters. The molecule has 8 heteroatoms. The van der Waals surface area contributed by atoms with Gasteiger partial charge in [-0.2, -0.15) is 5.26 Å². The summed E-state index contributed by atoms with van der Waals surface area (Å²) in [4.78, 5) is 13.3. The first-order valence-electron chi connectivity index (χ1n) is 10.6. The van der Waals surface area contributed by atoms with Crippen LogP contribution in [0.4, 0.5) is 20.2 Å². The molecule has 5 rings (SSSR count). The van der Waals surface area contributed by atoms with Crippen LogP contribution in [-0.2, 0) is 16.6 Å². The SMILES string of the molecule is CC(C)(C)C1Cc2c(ccc(NC(=O)C3(c4ccc5c(c4)OC(F)(F)O5)CC3)c2C#N)N1. The number of alkyl halides is 2. The molecule has 0 spiro atoms. The zero-order valence-corrected chi connectivity index (χ0v) is 18.0. The van der Waals surface area contributed by atoms with Gasteiger partial charge in [-0.1, -0.05) is 26.8 Å². The van der Waals surface area contributed by atoms with Crippen molar-refractivity contribution in [1.82, 2.24) is 0 Å². The van der Waals surface area contributed by atoms with E-state index in [1.807, 2.05) is 6.07 Å². The first-order valence-corrected chi connectivity index (χ1v) is 10.6. The zero-order valence-electron chi connectivity index (χ0n) is 18.0. The fraction of sp³-hybridized carbons (Fsp3) is 0.417. The second-order valence-electron chi connectivity index (χ2n) is 9.76. The molecule has 0 aromatic heterocycles. The third-order valence-electron chi connectivity index (χ3n) is 6.59. The van der Waals surface area contributed by atoms with Gasteiger partial charge in [0.25, 0.3) is 0 Å². The van der Waals surface area contributed by atoms with E-state index in [2.05, 4.69) is 46.9 Å². The van der Waals surface area contributed by atoms with Gasteiger partial charge >= 0.3 is 6.29 Å². The van der Waals surface area contributed by atoms with E-state index in [0.717, 1.165) is 11.3 Å². The Morgan fingerprint density at radius 1 is 1.19 bits per heavy atom. The molecular formula is C24H23F2N3O3. The monoisotopic (exact) mass is 439 g/mol. The van der Waals surface area contributed by atoms with Gasteiger partial charge in [-0.3, -0.25) is 4.79 Å². The average molecular weight is 439 g/mol. The van der Waals surface area contributed by atoms with Gasteiger partial charge < -0.3 is 20.1 Å². The molecule has 2 heterocycles. The number of ether oxygens (including phenoxy) is 2. The summed E-state index contributed by atoms with van der Waals surface area (Å²) in [7, 11) is 0. The molecular weight excluding hydrogens is 416 g/mol. The number of amides is 1. The van der Waals surface area contributed by atoms with Crippen LogP contribution in [0, 0.1) is 16.7 Å². The van der Waals surface area contributed by atoms with Crippen molar-refractivity contribution in [2.24, 2.45) is 5.41 Å². The predicted octanol–water partition coefficient (Wildman–Crippen LogP) is 4.93. The van der Waals surface area contributed by atoms with Crippen LogP contribution in [0.15, 0.2) is 30.3 Å². The third kappa shape index (κ3) is 3.24. The Hall–Kier alpha value is -3.34. The van der Waals surface area contributed by atoms with E-state index in [1.54, 1.807) is 12.1 Å². The molecule has 1 aliphatic carbocycles. The molecule has 6 nitrogen and oxygen atoms in total. The topological polar surface area (TPSA) is 83.4 Å². The molecule has 2 aromatic carbocycles. The zero-order chi connectivity index (χ0) is 22.9. The van der Waals surface area contributed by atoms with Crippen molar-refractivity contribution in [3.63, 3.8) is 0 Å². The molecule has 3 aliphatic rings.